The molecule has 0 saturated heterocycles. The van der Waals surface area contributed by atoms with Gasteiger partial charge in [0.25, 0.3) is 0 Å². The van der Waals surface area contributed by atoms with Gasteiger partial charge in [-0.25, -0.2) is 0 Å². The van der Waals surface area contributed by atoms with E-state index in [1.165, 1.54) is 29.7 Å². The summed E-state index contributed by atoms with van der Waals surface area (Å²) in [6.07, 6.45) is 7.41. The number of aryl methyl sites for hydroxylation is 1. The van der Waals surface area contributed by atoms with Crippen molar-refractivity contribution in [1.29, 1.82) is 0 Å². The van der Waals surface area contributed by atoms with Gasteiger partial charge in [-0.05, 0) is 37.8 Å². The molecule has 2 heterocycles. The molecule has 13 heavy (non-hydrogen) atoms. The molecule has 0 radical (unpaired) electrons. The number of aromatic nitrogens is 1. The minimum Gasteiger partial charge on any atom is -0.289 e. The largest absolute Gasteiger partial charge is 0.289 e. The van der Waals surface area contributed by atoms with Gasteiger partial charge in [0, 0.05) is 30.2 Å². The lowest BCUT2D eigenvalue weighted by atomic mass is 10.00. The molecule has 2 nitrogen and oxygen atoms in total. The van der Waals surface area contributed by atoms with E-state index >= 15 is 0 Å². The second-order valence-electron chi connectivity index (χ2n) is 3.48. The van der Waals surface area contributed by atoms with Crippen LogP contribution in [0.15, 0.2) is 23.5 Å². The monoisotopic (exact) mass is 174 g/mol. The molecule has 0 fully saturated rings. The topological polar surface area (TPSA) is 25.2 Å². The Balaban J connectivity index is 2.34. The highest BCUT2D eigenvalue weighted by Crippen LogP contribution is 2.15. The summed E-state index contributed by atoms with van der Waals surface area (Å²) in [4.78, 5) is 8.63. The second kappa shape index (κ2) is 3.69. The van der Waals surface area contributed by atoms with E-state index in [-0.39, 0.29) is 0 Å². The third-order valence-electron chi connectivity index (χ3n) is 2.46. The Morgan fingerprint density at radius 1 is 1.31 bits per heavy atom. The molecule has 0 saturated carbocycles. The number of hydrogen-bond donors (Lipinski definition) is 0. The summed E-state index contributed by atoms with van der Waals surface area (Å²) in [5.41, 5.74) is 3.80. The molecular formula is C11H14N2. The van der Waals surface area contributed by atoms with Crippen LogP contribution in [0.5, 0.6) is 0 Å². The van der Waals surface area contributed by atoms with Gasteiger partial charge in [-0.2, -0.15) is 0 Å². The predicted octanol–water partition coefficient (Wildman–Crippen LogP) is 2.36. The first-order valence-corrected chi connectivity index (χ1v) is 4.82. The summed E-state index contributed by atoms with van der Waals surface area (Å²) in [6.45, 7) is 3.09. The maximum absolute atomic E-state index is 4.55. The number of rotatable bonds is 1. The third kappa shape index (κ3) is 1.77. The average Bonchev–Trinajstić information content (AvgIpc) is 2.20. The van der Waals surface area contributed by atoms with Crippen molar-refractivity contribution in [1.82, 2.24) is 4.98 Å². The van der Waals surface area contributed by atoms with Crippen LogP contribution in [0, 0.1) is 6.92 Å². The van der Waals surface area contributed by atoms with Gasteiger partial charge in [-0.1, -0.05) is 0 Å². The van der Waals surface area contributed by atoms with Gasteiger partial charge in [0.1, 0.15) is 0 Å². The third-order valence-corrected chi connectivity index (χ3v) is 2.46. The SMILES string of the molecule is Cc1cnccc1C1=NCCCC1. The van der Waals surface area contributed by atoms with Crippen molar-refractivity contribution >= 4 is 5.71 Å². The summed E-state index contributed by atoms with van der Waals surface area (Å²) in [7, 11) is 0. The Kier molecular flexibility index (Phi) is 2.39. The van der Waals surface area contributed by atoms with E-state index in [1.807, 2.05) is 12.4 Å². The summed E-state index contributed by atoms with van der Waals surface area (Å²) < 4.78 is 0. The minimum atomic E-state index is 0.997. The molecule has 1 aliphatic heterocycles. The lowest BCUT2D eigenvalue weighted by Crippen LogP contribution is -2.09. The lowest BCUT2D eigenvalue weighted by Gasteiger charge is -2.13. The molecule has 2 heteroatoms. The standard InChI is InChI=1S/C11H14N2/c1-9-8-12-7-5-10(9)11-4-2-3-6-13-11/h5,7-8H,2-4,6H2,1H3. The molecule has 1 aliphatic rings. The zero-order valence-corrected chi connectivity index (χ0v) is 7.95. The Morgan fingerprint density at radius 2 is 2.23 bits per heavy atom. The molecule has 2 rings (SSSR count). The van der Waals surface area contributed by atoms with Crippen LogP contribution in [-0.4, -0.2) is 17.2 Å². The highest BCUT2D eigenvalue weighted by molar-refractivity contribution is 6.01. The van der Waals surface area contributed by atoms with E-state index in [1.54, 1.807) is 0 Å². The van der Waals surface area contributed by atoms with Crippen LogP contribution in [0.25, 0.3) is 0 Å². The van der Waals surface area contributed by atoms with Crippen molar-refractivity contribution in [3.05, 3.63) is 29.6 Å². The number of nitrogens with zero attached hydrogens (tertiary/aromatic N) is 2. The van der Waals surface area contributed by atoms with Crippen LogP contribution in [0.4, 0.5) is 0 Å². The van der Waals surface area contributed by atoms with Gasteiger partial charge in [0.15, 0.2) is 0 Å². The van der Waals surface area contributed by atoms with Gasteiger partial charge in [-0.3, -0.25) is 9.98 Å². The fourth-order valence-electron chi connectivity index (χ4n) is 1.71. The Hall–Kier alpha value is -1.18. The van der Waals surface area contributed by atoms with Crippen LogP contribution in [0.3, 0.4) is 0 Å². The fraction of sp³-hybridized carbons (Fsp3) is 0.455. The van der Waals surface area contributed by atoms with Crippen molar-refractivity contribution in [2.75, 3.05) is 6.54 Å². The van der Waals surface area contributed by atoms with Crippen LogP contribution >= 0.6 is 0 Å². The molecule has 0 atom stereocenters. The zero-order chi connectivity index (χ0) is 9.10. The van der Waals surface area contributed by atoms with Gasteiger partial charge in [0.2, 0.25) is 0 Å². The molecule has 0 aromatic carbocycles. The van der Waals surface area contributed by atoms with E-state index in [4.69, 9.17) is 0 Å². The van der Waals surface area contributed by atoms with Crippen molar-refractivity contribution in [2.45, 2.75) is 26.2 Å². The molecule has 0 bridgehead atoms. The van der Waals surface area contributed by atoms with Gasteiger partial charge >= 0.3 is 0 Å². The summed E-state index contributed by atoms with van der Waals surface area (Å²) >= 11 is 0. The van der Waals surface area contributed by atoms with E-state index in [0.717, 1.165) is 13.0 Å². The van der Waals surface area contributed by atoms with E-state index in [0.29, 0.717) is 0 Å². The fourth-order valence-corrected chi connectivity index (χ4v) is 1.71. The van der Waals surface area contributed by atoms with Gasteiger partial charge in [0.05, 0.1) is 0 Å². The normalized spacial score (nSPS) is 16.8. The summed E-state index contributed by atoms with van der Waals surface area (Å²) in [6, 6.07) is 2.07. The number of pyridine rings is 1. The van der Waals surface area contributed by atoms with Gasteiger partial charge in [-0.15, -0.1) is 0 Å². The first kappa shape index (κ1) is 8.42. The van der Waals surface area contributed by atoms with Crippen LogP contribution in [0.2, 0.25) is 0 Å². The first-order chi connectivity index (χ1) is 6.38. The highest BCUT2D eigenvalue weighted by atomic mass is 14.7. The highest BCUT2D eigenvalue weighted by Gasteiger charge is 2.09. The number of hydrogen-bond acceptors (Lipinski definition) is 2. The molecule has 1 aromatic heterocycles. The van der Waals surface area contributed by atoms with Crippen LogP contribution < -0.4 is 0 Å². The zero-order valence-electron chi connectivity index (χ0n) is 7.95. The summed E-state index contributed by atoms with van der Waals surface area (Å²) in [5.74, 6) is 0. The maximum atomic E-state index is 4.55. The van der Waals surface area contributed by atoms with Crippen molar-refractivity contribution < 1.29 is 0 Å². The van der Waals surface area contributed by atoms with E-state index in [2.05, 4.69) is 23.0 Å². The lowest BCUT2D eigenvalue weighted by molar-refractivity contribution is 0.738. The molecule has 1 aromatic rings. The smallest absolute Gasteiger partial charge is 0.0424 e. The van der Waals surface area contributed by atoms with Gasteiger partial charge < -0.3 is 0 Å². The summed E-state index contributed by atoms with van der Waals surface area (Å²) in [5, 5.41) is 0. The average molecular weight is 174 g/mol. The Bertz CT molecular complexity index is 329. The first-order valence-electron chi connectivity index (χ1n) is 4.82. The molecule has 0 unspecified atom stereocenters. The molecule has 0 spiro atoms. The van der Waals surface area contributed by atoms with E-state index < -0.39 is 0 Å². The molecule has 68 valence electrons. The quantitative estimate of drug-likeness (QED) is 0.641. The Morgan fingerprint density at radius 3 is 2.92 bits per heavy atom. The second-order valence-corrected chi connectivity index (χ2v) is 3.48. The maximum Gasteiger partial charge on any atom is 0.0424 e. The molecule has 0 N–H and O–H groups in total. The van der Waals surface area contributed by atoms with Crippen molar-refractivity contribution in [2.24, 2.45) is 4.99 Å². The van der Waals surface area contributed by atoms with Crippen LogP contribution in [0.1, 0.15) is 30.4 Å². The van der Waals surface area contributed by atoms with Crippen LogP contribution in [-0.2, 0) is 0 Å². The number of aliphatic imine (C=N–C) groups is 1. The molecular weight excluding hydrogens is 160 g/mol. The predicted molar refractivity (Wildman–Crippen MR) is 54.2 cm³/mol. The molecule has 0 amide bonds. The minimum absolute atomic E-state index is 0.997. The Labute approximate surface area is 78.7 Å². The molecule has 0 aliphatic carbocycles. The van der Waals surface area contributed by atoms with Crippen molar-refractivity contribution in [3.63, 3.8) is 0 Å². The van der Waals surface area contributed by atoms with Crippen molar-refractivity contribution in [3.8, 4) is 0 Å². The van der Waals surface area contributed by atoms with E-state index in [9.17, 15) is 0 Å².